The third-order valence-corrected chi connectivity index (χ3v) is 4.99. The Morgan fingerprint density at radius 1 is 1.23 bits per heavy atom. The zero-order valence-electron chi connectivity index (χ0n) is 13.8. The summed E-state index contributed by atoms with van der Waals surface area (Å²) < 4.78 is 11.6. The van der Waals surface area contributed by atoms with Crippen LogP contribution in [0.25, 0.3) is 10.6 Å². The van der Waals surface area contributed by atoms with Crippen LogP contribution in [0.1, 0.15) is 26.4 Å². The number of aldehydes is 1. The third kappa shape index (κ3) is 4.17. The number of aromatic nitrogens is 1. The van der Waals surface area contributed by atoms with Gasteiger partial charge in [-0.25, -0.2) is 9.78 Å². The molecule has 0 saturated heterocycles. The highest BCUT2D eigenvalue weighted by atomic mass is 79.9. The molecule has 0 spiro atoms. The van der Waals surface area contributed by atoms with Gasteiger partial charge >= 0.3 is 5.97 Å². The number of methoxy groups -OCH3 is 1. The van der Waals surface area contributed by atoms with E-state index in [-0.39, 0.29) is 6.61 Å². The summed E-state index contributed by atoms with van der Waals surface area (Å²) in [6.07, 6.45) is 0.724. The van der Waals surface area contributed by atoms with Crippen molar-refractivity contribution in [2.45, 2.75) is 6.61 Å². The molecule has 3 rings (SSSR count). The van der Waals surface area contributed by atoms with Gasteiger partial charge in [0.15, 0.2) is 0 Å². The number of hydrogen-bond donors (Lipinski definition) is 0. The molecule has 132 valence electrons. The SMILES string of the molecule is COc1ccc(Br)cc1-c1nc(COC(=O)c2ccc(C=O)cc2)cs1. The van der Waals surface area contributed by atoms with Crippen LogP contribution in [0.2, 0.25) is 0 Å². The minimum absolute atomic E-state index is 0.0705. The molecule has 1 aromatic heterocycles. The summed E-state index contributed by atoms with van der Waals surface area (Å²) in [5, 5.41) is 2.63. The maximum Gasteiger partial charge on any atom is 0.338 e. The molecule has 2 aromatic carbocycles. The van der Waals surface area contributed by atoms with Gasteiger partial charge in [-0.15, -0.1) is 11.3 Å². The Morgan fingerprint density at radius 2 is 2.00 bits per heavy atom. The third-order valence-electron chi connectivity index (χ3n) is 3.58. The predicted octanol–water partition coefficient (Wildman–Crippen LogP) is 4.75. The molecule has 0 unspecified atom stereocenters. The largest absolute Gasteiger partial charge is 0.496 e. The fourth-order valence-corrected chi connectivity index (χ4v) is 3.45. The number of esters is 1. The average Bonchev–Trinajstić information content (AvgIpc) is 3.15. The number of halogens is 1. The summed E-state index contributed by atoms with van der Waals surface area (Å²) in [5.41, 5.74) is 2.42. The molecule has 1 heterocycles. The number of hydrogen-bond acceptors (Lipinski definition) is 6. The normalized spacial score (nSPS) is 10.4. The standard InChI is InChI=1S/C19H14BrNO4S/c1-24-17-7-6-14(20)8-16(17)18-21-15(11-26-18)10-25-19(23)13-4-2-12(9-22)3-5-13/h2-9,11H,10H2,1H3. The van der Waals surface area contributed by atoms with E-state index in [1.54, 1.807) is 31.4 Å². The summed E-state index contributed by atoms with van der Waals surface area (Å²) in [4.78, 5) is 27.2. The maximum absolute atomic E-state index is 12.1. The number of carbonyl (C=O) groups excluding carboxylic acids is 2. The lowest BCUT2D eigenvalue weighted by Crippen LogP contribution is -2.05. The topological polar surface area (TPSA) is 65.5 Å². The van der Waals surface area contributed by atoms with E-state index in [1.165, 1.54) is 11.3 Å². The van der Waals surface area contributed by atoms with Crippen LogP contribution in [0.4, 0.5) is 0 Å². The molecule has 0 radical (unpaired) electrons. The Kier molecular flexibility index (Phi) is 5.80. The second-order valence-electron chi connectivity index (χ2n) is 5.30. The van der Waals surface area contributed by atoms with Gasteiger partial charge in [0.1, 0.15) is 23.7 Å². The van der Waals surface area contributed by atoms with Crippen LogP contribution in [-0.2, 0) is 11.3 Å². The molecular weight excluding hydrogens is 418 g/mol. The predicted molar refractivity (Wildman–Crippen MR) is 103 cm³/mol. The van der Waals surface area contributed by atoms with Crippen LogP contribution in [-0.4, -0.2) is 24.3 Å². The van der Waals surface area contributed by atoms with E-state index in [0.717, 1.165) is 27.1 Å². The quantitative estimate of drug-likeness (QED) is 0.416. The van der Waals surface area contributed by atoms with Crippen molar-refractivity contribution in [2.75, 3.05) is 7.11 Å². The van der Waals surface area contributed by atoms with Crippen molar-refractivity contribution in [1.82, 2.24) is 4.98 Å². The highest BCUT2D eigenvalue weighted by Crippen LogP contribution is 2.34. The van der Waals surface area contributed by atoms with Gasteiger partial charge in [-0.2, -0.15) is 0 Å². The summed E-state index contributed by atoms with van der Waals surface area (Å²) in [6, 6.07) is 12.0. The lowest BCUT2D eigenvalue weighted by Gasteiger charge is -2.06. The van der Waals surface area contributed by atoms with Crippen molar-refractivity contribution in [3.8, 4) is 16.3 Å². The first-order valence-corrected chi connectivity index (χ1v) is 9.28. The molecule has 0 bridgehead atoms. The van der Waals surface area contributed by atoms with Crippen molar-refractivity contribution in [3.05, 3.63) is 69.1 Å². The van der Waals surface area contributed by atoms with Crippen LogP contribution < -0.4 is 4.74 Å². The van der Waals surface area contributed by atoms with Gasteiger partial charge in [-0.3, -0.25) is 4.79 Å². The molecule has 0 N–H and O–H groups in total. The molecule has 0 aliphatic heterocycles. The zero-order valence-corrected chi connectivity index (χ0v) is 16.2. The van der Waals surface area contributed by atoms with Crippen molar-refractivity contribution in [1.29, 1.82) is 0 Å². The lowest BCUT2D eigenvalue weighted by atomic mass is 10.1. The summed E-state index contributed by atoms with van der Waals surface area (Å²) in [6.45, 7) is 0.0705. The molecule has 0 saturated carbocycles. The number of ether oxygens (including phenoxy) is 2. The van der Waals surface area contributed by atoms with Crippen LogP contribution >= 0.6 is 27.3 Å². The van der Waals surface area contributed by atoms with E-state index in [4.69, 9.17) is 9.47 Å². The minimum atomic E-state index is -0.461. The second kappa shape index (κ2) is 8.25. The van der Waals surface area contributed by atoms with Gasteiger partial charge in [-0.05, 0) is 30.3 Å². The lowest BCUT2D eigenvalue weighted by molar-refractivity contribution is 0.0468. The second-order valence-corrected chi connectivity index (χ2v) is 7.08. The van der Waals surface area contributed by atoms with Crippen LogP contribution in [0.3, 0.4) is 0 Å². The van der Waals surface area contributed by atoms with E-state index >= 15 is 0 Å². The van der Waals surface area contributed by atoms with Crippen LogP contribution in [0, 0.1) is 0 Å². The van der Waals surface area contributed by atoms with Crippen LogP contribution in [0.5, 0.6) is 5.75 Å². The molecule has 0 atom stereocenters. The van der Waals surface area contributed by atoms with E-state index in [0.29, 0.717) is 16.8 Å². The fraction of sp³-hybridized carbons (Fsp3) is 0.105. The number of rotatable bonds is 6. The number of benzene rings is 2. The van der Waals surface area contributed by atoms with Crippen molar-refractivity contribution < 1.29 is 19.1 Å². The Hall–Kier alpha value is -2.51. The number of thiazole rings is 1. The van der Waals surface area contributed by atoms with Crippen LogP contribution in [0.15, 0.2) is 52.3 Å². The molecule has 0 amide bonds. The smallest absolute Gasteiger partial charge is 0.338 e. The molecule has 26 heavy (non-hydrogen) atoms. The van der Waals surface area contributed by atoms with E-state index < -0.39 is 5.97 Å². The van der Waals surface area contributed by atoms with Gasteiger partial charge < -0.3 is 9.47 Å². The van der Waals surface area contributed by atoms with E-state index in [2.05, 4.69) is 20.9 Å². The van der Waals surface area contributed by atoms with Crippen molar-refractivity contribution in [3.63, 3.8) is 0 Å². The summed E-state index contributed by atoms with van der Waals surface area (Å²) in [7, 11) is 1.61. The summed E-state index contributed by atoms with van der Waals surface area (Å²) in [5.74, 6) is 0.262. The van der Waals surface area contributed by atoms with Crippen molar-refractivity contribution in [2.24, 2.45) is 0 Å². The Balaban J connectivity index is 1.69. The Bertz CT molecular complexity index is 937. The molecule has 5 nitrogen and oxygen atoms in total. The molecular formula is C19H14BrNO4S. The maximum atomic E-state index is 12.1. The Morgan fingerprint density at radius 3 is 2.69 bits per heavy atom. The zero-order chi connectivity index (χ0) is 18.5. The number of carbonyl (C=O) groups is 2. The van der Waals surface area contributed by atoms with E-state index in [9.17, 15) is 9.59 Å². The average molecular weight is 432 g/mol. The highest BCUT2D eigenvalue weighted by Gasteiger charge is 2.13. The Labute approximate surface area is 162 Å². The van der Waals surface area contributed by atoms with E-state index in [1.807, 2.05) is 23.6 Å². The molecule has 0 aliphatic rings. The molecule has 0 fully saturated rings. The summed E-state index contributed by atoms with van der Waals surface area (Å²) >= 11 is 4.90. The highest BCUT2D eigenvalue weighted by molar-refractivity contribution is 9.10. The minimum Gasteiger partial charge on any atom is -0.496 e. The fourth-order valence-electron chi connectivity index (χ4n) is 2.26. The first-order chi connectivity index (χ1) is 12.6. The van der Waals surface area contributed by atoms with Gasteiger partial charge in [0, 0.05) is 15.4 Å². The van der Waals surface area contributed by atoms with Gasteiger partial charge in [-0.1, -0.05) is 28.1 Å². The van der Waals surface area contributed by atoms with Gasteiger partial charge in [0.2, 0.25) is 0 Å². The molecule has 3 aromatic rings. The molecule has 7 heteroatoms. The van der Waals surface area contributed by atoms with Crippen molar-refractivity contribution >= 4 is 39.5 Å². The number of nitrogens with zero attached hydrogens (tertiary/aromatic N) is 1. The van der Waals surface area contributed by atoms with Gasteiger partial charge in [0.25, 0.3) is 0 Å². The monoisotopic (exact) mass is 431 g/mol. The molecule has 0 aliphatic carbocycles. The van der Waals surface area contributed by atoms with Gasteiger partial charge in [0.05, 0.1) is 23.9 Å². The first kappa shape index (κ1) is 18.3. The first-order valence-electron chi connectivity index (χ1n) is 7.61.